The van der Waals surface area contributed by atoms with E-state index in [1.807, 2.05) is 0 Å². The van der Waals surface area contributed by atoms with Gasteiger partial charge in [-0.15, -0.1) is 0 Å². The Morgan fingerprint density at radius 2 is 1.06 bits per heavy atom. The summed E-state index contributed by atoms with van der Waals surface area (Å²) in [7, 11) is 0. The van der Waals surface area contributed by atoms with Crippen LogP contribution in [0.5, 0.6) is 0 Å². The summed E-state index contributed by atoms with van der Waals surface area (Å²) in [5.74, 6) is -11.6. The molecule has 0 saturated carbocycles. The molecule has 1 rings (SSSR count). The van der Waals surface area contributed by atoms with Gasteiger partial charge in [-0.05, 0) is 19.3 Å². The third kappa shape index (κ3) is 9.65. The maximum Gasteiger partial charge on any atom is 0.306 e. The molecule has 0 aromatic heterocycles. The standard InChI is InChI=1S/C22H29F5O4/c1-2-3-4-5-6-10-13-30-16(28)11-8-7-9-12-17(29)31-14-15-18(23)20(25)22(27)21(26)19(15)24/h2-14H2,1H3. The average molecular weight is 452 g/mol. The first kappa shape index (κ1) is 26.8. The summed E-state index contributed by atoms with van der Waals surface area (Å²) in [5.41, 5.74) is -1.20. The third-order valence-electron chi connectivity index (χ3n) is 4.70. The van der Waals surface area contributed by atoms with Gasteiger partial charge in [-0.2, -0.15) is 0 Å². The largest absolute Gasteiger partial charge is 0.466 e. The first-order chi connectivity index (χ1) is 14.8. The van der Waals surface area contributed by atoms with Crippen LogP contribution < -0.4 is 0 Å². The molecule has 176 valence electrons. The maximum absolute atomic E-state index is 13.5. The van der Waals surface area contributed by atoms with E-state index >= 15 is 0 Å². The van der Waals surface area contributed by atoms with E-state index in [1.165, 1.54) is 19.3 Å². The van der Waals surface area contributed by atoms with Gasteiger partial charge in [0.2, 0.25) is 5.82 Å². The van der Waals surface area contributed by atoms with Crippen molar-refractivity contribution in [2.24, 2.45) is 0 Å². The van der Waals surface area contributed by atoms with Crippen LogP contribution in [0.25, 0.3) is 0 Å². The van der Waals surface area contributed by atoms with Gasteiger partial charge in [0.1, 0.15) is 6.61 Å². The summed E-state index contributed by atoms with van der Waals surface area (Å²) < 4.78 is 75.9. The summed E-state index contributed by atoms with van der Waals surface area (Å²) in [6.07, 6.45) is 8.05. The zero-order valence-electron chi connectivity index (χ0n) is 17.7. The second-order valence-corrected chi connectivity index (χ2v) is 7.26. The van der Waals surface area contributed by atoms with Crippen LogP contribution in [-0.2, 0) is 25.7 Å². The summed E-state index contributed by atoms with van der Waals surface area (Å²) in [5, 5.41) is 0. The van der Waals surface area contributed by atoms with E-state index in [-0.39, 0.29) is 18.8 Å². The van der Waals surface area contributed by atoms with E-state index in [1.54, 1.807) is 0 Å². The Hall–Kier alpha value is -2.19. The van der Waals surface area contributed by atoms with E-state index < -0.39 is 47.2 Å². The van der Waals surface area contributed by atoms with Crippen LogP contribution in [0.3, 0.4) is 0 Å². The molecule has 1 aromatic rings. The van der Waals surface area contributed by atoms with Crippen molar-refractivity contribution < 1.29 is 41.0 Å². The highest BCUT2D eigenvalue weighted by molar-refractivity contribution is 5.70. The van der Waals surface area contributed by atoms with Crippen molar-refractivity contribution in [2.75, 3.05) is 6.61 Å². The number of hydrogen-bond donors (Lipinski definition) is 0. The highest BCUT2D eigenvalue weighted by atomic mass is 19.2. The van der Waals surface area contributed by atoms with Crippen LogP contribution in [-0.4, -0.2) is 18.5 Å². The Labute approximate surface area is 179 Å². The second-order valence-electron chi connectivity index (χ2n) is 7.26. The molecule has 0 spiro atoms. The number of benzene rings is 1. The first-order valence-corrected chi connectivity index (χ1v) is 10.6. The van der Waals surface area contributed by atoms with Crippen LogP contribution in [0, 0.1) is 29.1 Å². The lowest BCUT2D eigenvalue weighted by Crippen LogP contribution is -2.11. The summed E-state index contributed by atoms with van der Waals surface area (Å²) in [6, 6.07) is 0. The molecular weight excluding hydrogens is 423 g/mol. The van der Waals surface area contributed by atoms with E-state index in [9.17, 15) is 31.5 Å². The molecule has 0 N–H and O–H groups in total. The van der Waals surface area contributed by atoms with Crippen molar-refractivity contribution in [3.05, 3.63) is 34.6 Å². The zero-order valence-corrected chi connectivity index (χ0v) is 17.7. The van der Waals surface area contributed by atoms with Gasteiger partial charge in [-0.1, -0.05) is 45.4 Å². The number of rotatable bonds is 15. The van der Waals surface area contributed by atoms with E-state index in [2.05, 4.69) is 11.7 Å². The van der Waals surface area contributed by atoms with Gasteiger partial charge in [-0.3, -0.25) is 9.59 Å². The number of carbonyl (C=O) groups is 2. The van der Waals surface area contributed by atoms with Crippen molar-refractivity contribution in [3.8, 4) is 0 Å². The van der Waals surface area contributed by atoms with Crippen LogP contribution in [0.15, 0.2) is 0 Å². The lowest BCUT2D eigenvalue weighted by molar-refractivity contribution is -0.145. The maximum atomic E-state index is 13.5. The molecular formula is C22H29F5O4. The number of esters is 2. The minimum atomic E-state index is -2.27. The van der Waals surface area contributed by atoms with Crippen molar-refractivity contribution in [2.45, 2.75) is 84.2 Å². The van der Waals surface area contributed by atoms with E-state index in [0.29, 0.717) is 25.9 Å². The fourth-order valence-corrected chi connectivity index (χ4v) is 2.86. The number of unbranched alkanes of at least 4 members (excludes halogenated alkanes) is 7. The Kier molecular flexibility index (Phi) is 12.8. The van der Waals surface area contributed by atoms with Crippen LogP contribution in [0.1, 0.15) is 83.1 Å². The lowest BCUT2D eigenvalue weighted by Gasteiger charge is -2.09. The fourth-order valence-electron chi connectivity index (χ4n) is 2.86. The molecule has 0 aliphatic heterocycles. The van der Waals surface area contributed by atoms with E-state index in [4.69, 9.17) is 4.74 Å². The van der Waals surface area contributed by atoms with Gasteiger partial charge < -0.3 is 9.47 Å². The number of carbonyl (C=O) groups excluding carboxylic acids is 2. The van der Waals surface area contributed by atoms with Crippen LogP contribution >= 0.6 is 0 Å². The quantitative estimate of drug-likeness (QED) is 0.103. The van der Waals surface area contributed by atoms with Crippen molar-refractivity contribution >= 4 is 11.9 Å². The SMILES string of the molecule is CCCCCCCCOC(=O)CCCCCC(=O)OCc1c(F)c(F)c(F)c(F)c1F. The number of halogens is 5. The van der Waals surface area contributed by atoms with Gasteiger partial charge in [0.25, 0.3) is 0 Å². The molecule has 0 amide bonds. The molecule has 31 heavy (non-hydrogen) atoms. The summed E-state index contributed by atoms with van der Waals surface area (Å²) in [6.45, 7) is 1.48. The van der Waals surface area contributed by atoms with Gasteiger partial charge >= 0.3 is 11.9 Å². The molecule has 0 saturated heterocycles. The van der Waals surface area contributed by atoms with Crippen LogP contribution in [0.4, 0.5) is 22.0 Å². The molecule has 9 heteroatoms. The molecule has 0 bridgehead atoms. The summed E-state index contributed by atoms with van der Waals surface area (Å²) >= 11 is 0. The average Bonchev–Trinajstić information content (AvgIpc) is 2.75. The topological polar surface area (TPSA) is 52.6 Å². The minimum Gasteiger partial charge on any atom is -0.466 e. The van der Waals surface area contributed by atoms with Crippen molar-refractivity contribution in [3.63, 3.8) is 0 Å². The molecule has 0 aliphatic carbocycles. The Morgan fingerprint density at radius 3 is 1.65 bits per heavy atom. The summed E-state index contributed by atoms with van der Waals surface area (Å²) in [4.78, 5) is 23.2. The molecule has 0 atom stereocenters. The zero-order chi connectivity index (χ0) is 23.2. The highest BCUT2D eigenvalue weighted by Crippen LogP contribution is 2.23. The normalized spacial score (nSPS) is 10.9. The Balaban J connectivity index is 2.16. The molecule has 1 aromatic carbocycles. The predicted octanol–water partition coefficient (Wildman–Crippen LogP) is 6.28. The smallest absolute Gasteiger partial charge is 0.306 e. The van der Waals surface area contributed by atoms with Gasteiger partial charge in [0.05, 0.1) is 12.2 Å². The van der Waals surface area contributed by atoms with Crippen LogP contribution in [0.2, 0.25) is 0 Å². The number of hydrogen-bond acceptors (Lipinski definition) is 4. The Bertz CT molecular complexity index is 695. The molecule has 4 nitrogen and oxygen atoms in total. The van der Waals surface area contributed by atoms with E-state index in [0.717, 1.165) is 19.3 Å². The predicted molar refractivity (Wildman–Crippen MR) is 103 cm³/mol. The molecule has 0 unspecified atom stereocenters. The molecule has 0 radical (unpaired) electrons. The Morgan fingerprint density at radius 1 is 0.613 bits per heavy atom. The third-order valence-corrected chi connectivity index (χ3v) is 4.70. The van der Waals surface area contributed by atoms with Crippen molar-refractivity contribution in [1.29, 1.82) is 0 Å². The van der Waals surface area contributed by atoms with Crippen molar-refractivity contribution in [1.82, 2.24) is 0 Å². The van der Waals surface area contributed by atoms with Gasteiger partial charge in [-0.25, -0.2) is 22.0 Å². The van der Waals surface area contributed by atoms with Gasteiger partial charge in [0.15, 0.2) is 23.3 Å². The number of ether oxygens (including phenoxy) is 2. The molecule has 0 heterocycles. The van der Waals surface area contributed by atoms with Gasteiger partial charge in [0, 0.05) is 12.8 Å². The monoisotopic (exact) mass is 452 g/mol. The molecule has 0 aliphatic rings. The minimum absolute atomic E-state index is 0.109. The highest BCUT2D eigenvalue weighted by Gasteiger charge is 2.26. The fraction of sp³-hybridized carbons (Fsp3) is 0.636. The molecule has 0 fully saturated rings. The first-order valence-electron chi connectivity index (χ1n) is 10.6. The second kappa shape index (κ2) is 14.8. The lowest BCUT2D eigenvalue weighted by atomic mass is 10.1.